The number of ether oxygens (including phenoxy) is 2. The standard InChI is InChI=1S/C25H24N2O6/c28-23-20-10-9-19(33-25(30)27-13-3-4-14-27)15-22(20)31-16-21(23)17-5-7-18(8-6-17)32-24(29)26-11-1-2-12-26/h5-10,15-16H,1-4,11-14H2. The lowest BCUT2D eigenvalue weighted by molar-refractivity contribution is 0.162. The van der Waals surface area contributed by atoms with Crippen LogP contribution in [0.1, 0.15) is 25.7 Å². The fraction of sp³-hybridized carbons (Fsp3) is 0.320. The van der Waals surface area contributed by atoms with Gasteiger partial charge in [0.25, 0.3) is 0 Å². The third kappa shape index (κ3) is 4.41. The predicted molar refractivity (Wildman–Crippen MR) is 122 cm³/mol. The molecule has 8 heteroatoms. The molecule has 2 aliphatic rings. The Kier molecular flexibility index (Phi) is 5.73. The van der Waals surface area contributed by atoms with E-state index < -0.39 is 6.09 Å². The first-order valence-electron chi connectivity index (χ1n) is 11.2. The van der Waals surface area contributed by atoms with Gasteiger partial charge < -0.3 is 23.7 Å². The van der Waals surface area contributed by atoms with E-state index in [1.807, 2.05) is 0 Å². The van der Waals surface area contributed by atoms with Crippen LogP contribution in [0.25, 0.3) is 22.1 Å². The predicted octanol–water partition coefficient (Wildman–Crippen LogP) is 4.65. The van der Waals surface area contributed by atoms with Crippen molar-refractivity contribution in [3.63, 3.8) is 0 Å². The van der Waals surface area contributed by atoms with Crippen molar-refractivity contribution in [3.8, 4) is 22.6 Å². The molecule has 0 bridgehead atoms. The van der Waals surface area contributed by atoms with Gasteiger partial charge in [-0.3, -0.25) is 4.79 Å². The molecule has 5 rings (SSSR count). The summed E-state index contributed by atoms with van der Waals surface area (Å²) < 4.78 is 16.5. The molecule has 2 saturated heterocycles. The summed E-state index contributed by atoms with van der Waals surface area (Å²) in [6, 6.07) is 11.5. The second-order valence-corrected chi connectivity index (χ2v) is 8.29. The van der Waals surface area contributed by atoms with E-state index in [1.165, 1.54) is 6.26 Å². The number of rotatable bonds is 3. The van der Waals surface area contributed by atoms with Gasteiger partial charge in [0.1, 0.15) is 23.3 Å². The van der Waals surface area contributed by atoms with E-state index >= 15 is 0 Å². The number of fused-ring (bicyclic) bond motifs is 1. The van der Waals surface area contributed by atoms with Crippen LogP contribution in [0.5, 0.6) is 11.5 Å². The third-order valence-corrected chi connectivity index (χ3v) is 6.05. The zero-order valence-corrected chi connectivity index (χ0v) is 18.1. The molecule has 2 aliphatic heterocycles. The molecule has 2 fully saturated rings. The zero-order chi connectivity index (χ0) is 22.8. The van der Waals surface area contributed by atoms with Gasteiger partial charge in [-0.05, 0) is 55.5 Å². The van der Waals surface area contributed by atoms with E-state index in [1.54, 1.807) is 52.3 Å². The Hall–Kier alpha value is -3.81. The fourth-order valence-corrected chi connectivity index (χ4v) is 4.20. The van der Waals surface area contributed by atoms with Crippen LogP contribution in [0, 0.1) is 0 Å². The molecule has 0 atom stereocenters. The van der Waals surface area contributed by atoms with Gasteiger partial charge in [-0.1, -0.05) is 12.1 Å². The second kappa shape index (κ2) is 8.97. The normalized spacial score (nSPS) is 15.8. The minimum atomic E-state index is -0.392. The molecule has 8 nitrogen and oxygen atoms in total. The highest BCUT2D eigenvalue weighted by Gasteiger charge is 2.21. The zero-order valence-electron chi connectivity index (χ0n) is 18.1. The Morgan fingerprint density at radius 1 is 0.758 bits per heavy atom. The first-order valence-corrected chi connectivity index (χ1v) is 11.2. The molecule has 0 aliphatic carbocycles. The van der Waals surface area contributed by atoms with E-state index in [0.29, 0.717) is 59.8 Å². The number of likely N-dealkylation sites (tertiary alicyclic amines) is 2. The highest BCUT2D eigenvalue weighted by molar-refractivity contribution is 5.83. The Bertz CT molecular complexity index is 1240. The first-order chi connectivity index (χ1) is 16.1. The Balaban J connectivity index is 1.33. The summed E-state index contributed by atoms with van der Waals surface area (Å²) in [5, 5.41) is 0.387. The van der Waals surface area contributed by atoms with Crippen LogP contribution in [0.2, 0.25) is 0 Å². The summed E-state index contributed by atoms with van der Waals surface area (Å²) in [5.74, 6) is 0.754. The van der Waals surface area contributed by atoms with Gasteiger partial charge >= 0.3 is 12.2 Å². The van der Waals surface area contributed by atoms with Crippen molar-refractivity contribution in [3.05, 3.63) is 59.0 Å². The van der Waals surface area contributed by atoms with E-state index in [0.717, 1.165) is 25.7 Å². The molecular formula is C25H24N2O6. The maximum absolute atomic E-state index is 13.0. The quantitative estimate of drug-likeness (QED) is 0.580. The Labute approximate surface area is 190 Å². The fourth-order valence-electron chi connectivity index (χ4n) is 4.20. The Morgan fingerprint density at radius 2 is 1.30 bits per heavy atom. The van der Waals surface area contributed by atoms with Crippen LogP contribution in [0.15, 0.2) is 57.9 Å². The summed E-state index contributed by atoms with van der Waals surface area (Å²) in [6.07, 6.45) is 4.59. The van der Waals surface area contributed by atoms with Crippen LogP contribution in [-0.4, -0.2) is 48.2 Å². The van der Waals surface area contributed by atoms with Gasteiger partial charge in [-0.15, -0.1) is 0 Å². The maximum atomic E-state index is 13.0. The largest absolute Gasteiger partial charge is 0.463 e. The lowest BCUT2D eigenvalue weighted by Crippen LogP contribution is -2.30. The summed E-state index contributed by atoms with van der Waals surface area (Å²) in [4.78, 5) is 40.7. The smallest absolute Gasteiger partial charge is 0.415 e. The number of nitrogens with zero attached hydrogens (tertiary/aromatic N) is 2. The molecule has 2 aromatic carbocycles. The lowest BCUT2D eigenvalue weighted by atomic mass is 10.1. The van der Waals surface area contributed by atoms with Crippen LogP contribution in [-0.2, 0) is 0 Å². The first kappa shape index (κ1) is 21.1. The van der Waals surface area contributed by atoms with Gasteiger partial charge in [0, 0.05) is 32.2 Å². The van der Waals surface area contributed by atoms with E-state index in [4.69, 9.17) is 13.9 Å². The average molecular weight is 448 g/mol. The molecule has 1 aromatic heterocycles. The van der Waals surface area contributed by atoms with Gasteiger partial charge in [0.15, 0.2) is 5.43 Å². The molecule has 170 valence electrons. The van der Waals surface area contributed by atoms with Gasteiger partial charge in [-0.2, -0.15) is 0 Å². The number of carbonyl (C=O) groups excluding carboxylic acids is 2. The van der Waals surface area contributed by atoms with Gasteiger partial charge in [-0.25, -0.2) is 9.59 Å². The molecule has 33 heavy (non-hydrogen) atoms. The number of carbonyl (C=O) groups is 2. The monoisotopic (exact) mass is 448 g/mol. The van der Waals surface area contributed by atoms with Crippen molar-refractivity contribution in [2.75, 3.05) is 26.2 Å². The number of hydrogen-bond donors (Lipinski definition) is 0. The summed E-state index contributed by atoms with van der Waals surface area (Å²) in [5.41, 5.74) is 1.18. The molecule has 0 spiro atoms. The molecule has 2 amide bonds. The van der Waals surface area contributed by atoms with E-state index in [2.05, 4.69) is 0 Å². The number of hydrogen-bond acceptors (Lipinski definition) is 6. The highest BCUT2D eigenvalue weighted by Crippen LogP contribution is 2.25. The van der Waals surface area contributed by atoms with Crippen molar-refractivity contribution >= 4 is 23.2 Å². The minimum Gasteiger partial charge on any atom is -0.463 e. The van der Waals surface area contributed by atoms with Crippen LogP contribution in [0.3, 0.4) is 0 Å². The second-order valence-electron chi connectivity index (χ2n) is 8.29. The average Bonchev–Trinajstić information content (AvgIpc) is 3.55. The van der Waals surface area contributed by atoms with Crippen molar-refractivity contribution in [1.29, 1.82) is 0 Å². The SMILES string of the molecule is O=C(Oc1ccc(-c2coc3cc(OC(=O)N4CCCC4)ccc3c2=O)cc1)N1CCCC1. The molecule has 0 unspecified atom stereocenters. The molecule has 0 saturated carbocycles. The summed E-state index contributed by atoms with van der Waals surface area (Å²) in [6.45, 7) is 2.82. The van der Waals surface area contributed by atoms with Gasteiger partial charge in [0.05, 0.1) is 10.9 Å². The van der Waals surface area contributed by atoms with E-state index in [9.17, 15) is 14.4 Å². The molecule has 0 N–H and O–H groups in total. The number of amides is 2. The van der Waals surface area contributed by atoms with Crippen molar-refractivity contribution in [2.45, 2.75) is 25.7 Å². The van der Waals surface area contributed by atoms with Crippen molar-refractivity contribution in [1.82, 2.24) is 9.80 Å². The van der Waals surface area contributed by atoms with Crippen LogP contribution < -0.4 is 14.9 Å². The van der Waals surface area contributed by atoms with Crippen molar-refractivity contribution < 1.29 is 23.5 Å². The topological polar surface area (TPSA) is 89.3 Å². The number of benzene rings is 2. The minimum absolute atomic E-state index is 0.199. The molecular weight excluding hydrogens is 424 g/mol. The molecule has 3 heterocycles. The molecule has 3 aromatic rings. The van der Waals surface area contributed by atoms with E-state index in [-0.39, 0.29) is 11.5 Å². The lowest BCUT2D eigenvalue weighted by Gasteiger charge is -2.15. The summed E-state index contributed by atoms with van der Waals surface area (Å²) in [7, 11) is 0. The third-order valence-electron chi connectivity index (χ3n) is 6.05. The molecule has 0 radical (unpaired) electrons. The maximum Gasteiger partial charge on any atom is 0.415 e. The van der Waals surface area contributed by atoms with Crippen molar-refractivity contribution in [2.24, 2.45) is 0 Å². The Morgan fingerprint density at radius 3 is 1.91 bits per heavy atom. The highest BCUT2D eigenvalue weighted by atomic mass is 16.6. The summed E-state index contributed by atoms with van der Waals surface area (Å²) >= 11 is 0. The van der Waals surface area contributed by atoms with Crippen LogP contribution in [0.4, 0.5) is 9.59 Å². The van der Waals surface area contributed by atoms with Crippen LogP contribution >= 0.6 is 0 Å². The van der Waals surface area contributed by atoms with Gasteiger partial charge in [0.2, 0.25) is 0 Å².